The largest absolute Gasteiger partial charge is 0.423 e. The van der Waals surface area contributed by atoms with E-state index >= 15 is 0 Å². The Morgan fingerprint density at radius 1 is 0.786 bits per heavy atom. The van der Waals surface area contributed by atoms with Crippen molar-refractivity contribution >= 4 is 9.76 Å². The predicted molar refractivity (Wildman–Crippen MR) is 123 cm³/mol. The summed E-state index contributed by atoms with van der Waals surface area (Å²) < 4.78 is 12.6. The third-order valence-electron chi connectivity index (χ3n) is 5.46. The maximum absolute atomic E-state index is 6.49. The van der Waals surface area contributed by atoms with Crippen LogP contribution in [0.4, 0.5) is 0 Å². The highest BCUT2D eigenvalue weighted by Gasteiger charge is 2.32. The van der Waals surface area contributed by atoms with Crippen LogP contribution in [0.15, 0.2) is 60.7 Å². The highest BCUT2D eigenvalue weighted by Crippen LogP contribution is 2.32. The molecule has 0 atom stereocenters. The van der Waals surface area contributed by atoms with Gasteiger partial charge in [0, 0.05) is 18.6 Å². The first-order valence-corrected chi connectivity index (χ1v) is 12.0. The Labute approximate surface area is 174 Å². The lowest BCUT2D eigenvalue weighted by atomic mass is 9.78. The molecule has 2 aromatic rings. The molecule has 0 fully saturated rings. The van der Waals surface area contributed by atoms with Crippen LogP contribution in [0.1, 0.15) is 51.7 Å². The van der Waals surface area contributed by atoms with Crippen molar-refractivity contribution in [1.29, 1.82) is 0 Å². The fraction of sp³-hybridized carbons (Fsp3) is 0.520. The lowest BCUT2D eigenvalue weighted by molar-refractivity contribution is 0.0129. The highest BCUT2D eigenvalue weighted by atomic mass is 28.2. The van der Waals surface area contributed by atoms with Crippen LogP contribution in [0.5, 0.6) is 0 Å². The first-order valence-electron chi connectivity index (χ1n) is 10.7. The lowest BCUT2D eigenvalue weighted by Gasteiger charge is -2.35. The van der Waals surface area contributed by atoms with Crippen molar-refractivity contribution < 1.29 is 9.16 Å². The molecule has 2 rings (SSSR count). The maximum atomic E-state index is 6.49. The van der Waals surface area contributed by atoms with E-state index < -0.39 is 9.76 Å². The first kappa shape index (κ1) is 22.9. The zero-order valence-corrected chi connectivity index (χ0v) is 19.7. The van der Waals surface area contributed by atoms with Crippen molar-refractivity contribution in [3.05, 3.63) is 71.8 Å². The van der Waals surface area contributed by atoms with Gasteiger partial charge in [0.1, 0.15) is 0 Å². The van der Waals surface area contributed by atoms with Crippen LogP contribution in [0.3, 0.4) is 0 Å². The van der Waals surface area contributed by atoms with Gasteiger partial charge < -0.3 is 9.16 Å². The Hall–Kier alpha value is -1.42. The zero-order chi connectivity index (χ0) is 20.3. The summed E-state index contributed by atoms with van der Waals surface area (Å²) in [6.07, 6.45) is 4.18. The molecule has 0 saturated heterocycles. The topological polar surface area (TPSA) is 18.5 Å². The molecule has 0 aliphatic rings. The Bertz CT molecular complexity index is 613. The number of hydrogen-bond acceptors (Lipinski definition) is 2. The molecule has 28 heavy (non-hydrogen) atoms. The average molecular weight is 399 g/mol. The van der Waals surface area contributed by atoms with Crippen molar-refractivity contribution in [3.8, 4) is 0 Å². The molecule has 0 heterocycles. The fourth-order valence-corrected chi connectivity index (χ4v) is 4.74. The van der Waals surface area contributed by atoms with E-state index in [1.54, 1.807) is 0 Å². The van der Waals surface area contributed by atoms with Crippen LogP contribution in [0.25, 0.3) is 0 Å². The number of benzene rings is 2. The van der Waals surface area contributed by atoms with Gasteiger partial charge in [-0.25, -0.2) is 0 Å². The average Bonchev–Trinajstić information content (AvgIpc) is 2.69. The molecule has 0 spiro atoms. The van der Waals surface area contributed by atoms with Gasteiger partial charge in [-0.1, -0.05) is 94.8 Å². The molecule has 0 saturated carbocycles. The summed E-state index contributed by atoms with van der Waals surface area (Å²) in [5.41, 5.74) is 2.69. The summed E-state index contributed by atoms with van der Waals surface area (Å²) in [7, 11) is -0.603. The highest BCUT2D eigenvalue weighted by molar-refractivity contribution is 6.31. The van der Waals surface area contributed by atoms with E-state index in [1.165, 1.54) is 17.5 Å². The van der Waals surface area contributed by atoms with E-state index in [-0.39, 0.29) is 5.41 Å². The Balaban J connectivity index is 2.23. The van der Waals surface area contributed by atoms with Gasteiger partial charge in [0.15, 0.2) is 9.76 Å². The molecule has 2 nitrogen and oxygen atoms in total. The van der Waals surface area contributed by atoms with Crippen LogP contribution in [-0.2, 0) is 22.0 Å². The SMILES string of the molecule is CCCOCC(CO[SiH2]C(C)(C)CC)(Cc1ccccc1)Cc1ccccc1. The quantitative estimate of drug-likeness (QED) is 0.323. The van der Waals surface area contributed by atoms with Crippen molar-refractivity contribution in [2.45, 2.75) is 58.4 Å². The molecule has 3 heteroatoms. The molecular formula is C25H38O2Si. The third kappa shape index (κ3) is 7.90. The number of hydrogen-bond donors (Lipinski definition) is 0. The normalized spacial score (nSPS) is 12.7. The third-order valence-corrected chi connectivity index (χ3v) is 7.15. The summed E-state index contributed by atoms with van der Waals surface area (Å²) in [5, 5.41) is 0.343. The van der Waals surface area contributed by atoms with Gasteiger partial charge in [-0.3, -0.25) is 0 Å². The molecule has 0 amide bonds. The Morgan fingerprint density at radius 2 is 1.32 bits per heavy atom. The Kier molecular flexibility index (Phi) is 9.43. The van der Waals surface area contributed by atoms with Crippen molar-refractivity contribution in [1.82, 2.24) is 0 Å². The van der Waals surface area contributed by atoms with Crippen LogP contribution >= 0.6 is 0 Å². The molecule has 0 N–H and O–H groups in total. The molecular weight excluding hydrogens is 360 g/mol. The maximum Gasteiger partial charge on any atom is 0.167 e. The van der Waals surface area contributed by atoms with E-state index in [4.69, 9.17) is 9.16 Å². The van der Waals surface area contributed by atoms with Crippen LogP contribution in [-0.4, -0.2) is 29.6 Å². The summed E-state index contributed by atoms with van der Waals surface area (Å²) in [6, 6.07) is 21.6. The second kappa shape index (κ2) is 11.5. The monoisotopic (exact) mass is 398 g/mol. The molecule has 0 bridgehead atoms. The number of rotatable bonds is 13. The minimum absolute atomic E-state index is 0.0330. The van der Waals surface area contributed by atoms with Gasteiger partial charge in [0.2, 0.25) is 0 Å². The molecule has 0 aliphatic heterocycles. The fourth-order valence-electron chi connectivity index (χ4n) is 3.44. The summed E-state index contributed by atoms with van der Waals surface area (Å²) >= 11 is 0. The van der Waals surface area contributed by atoms with Gasteiger partial charge in [-0.2, -0.15) is 0 Å². The van der Waals surface area contributed by atoms with Crippen molar-refractivity contribution in [2.24, 2.45) is 5.41 Å². The predicted octanol–water partition coefficient (Wildman–Crippen LogP) is 5.59. The molecule has 154 valence electrons. The van der Waals surface area contributed by atoms with Gasteiger partial charge in [-0.05, 0) is 35.4 Å². The zero-order valence-electron chi connectivity index (χ0n) is 18.2. The van der Waals surface area contributed by atoms with Crippen molar-refractivity contribution in [2.75, 3.05) is 19.8 Å². The smallest absolute Gasteiger partial charge is 0.167 e. The summed E-state index contributed by atoms with van der Waals surface area (Å²) in [5.74, 6) is 0. The second-order valence-corrected chi connectivity index (χ2v) is 11.5. The van der Waals surface area contributed by atoms with E-state index in [9.17, 15) is 0 Å². The van der Waals surface area contributed by atoms with Crippen LogP contribution < -0.4 is 0 Å². The minimum atomic E-state index is -0.603. The summed E-state index contributed by atoms with van der Waals surface area (Å²) in [4.78, 5) is 0. The van der Waals surface area contributed by atoms with Gasteiger partial charge in [-0.15, -0.1) is 0 Å². The Morgan fingerprint density at radius 3 is 1.79 bits per heavy atom. The molecule has 0 aromatic heterocycles. The number of ether oxygens (including phenoxy) is 1. The van der Waals surface area contributed by atoms with Crippen LogP contribution in [0, 0.1) is 5.41 Å². The second-order valence-electron chi connectivity index (χ2n) is 8.89. The first-order chi connectivity index (χ1) is 13.5. The van der Waals surface area contributed by atoms with E-state index in [0.717, 1.165) is 39.1 Å². The minimum Gasteiger partial charge on any atom is -0.423 e. The van der Waals surface area contributed by atoms with Crippen LogP contribution in [0.2, 0.25) is 5.04 Å². The van der Waals surface area contributed by atoms with E-state index in [0.29, 0.717) is 5.04 Å². The van der Waals surface area contributed by atoms with Crippen molar-refractivity contribution in [3.63, 3.8) is 0 Å². The van der Waals surface area contributed by atoms with Gasteiger partial charge >= 0.3 is 0 Å². The van der Waals surface area contributed by atoms with E-state index in [1.807, 2.05) is 0 Å². The van der Waals surface area contributed by atoms with E-state index in [2.05, 4.69) is 88.4 Å². The molecule has 0 radical (unpaired) electrons. The van der Waals surface area contributed by atoms with Gasteiger partial charge in [0.25, 0.3) is 0 Å². The lowest BCUT2D eigenvalue weighted by Crippen LogP contribution is -2.38. The standard InChI is InChI=1S/C25H38O2Si/c1-5-17-26-20-25(18-22-13-9-7-10-14-22,19-23-15-11-8-12-16-23)21-27-28-24(3,4)6-2/h7-16H,5-6,17-21,28H2,1-4H3. The molecule has 0 aliphatic carbocycles. The van der Waals surface area contributed by atoms with Gasteiger partial charge in [0.05, 0.1) is 6.61 Å². The molecule has 0 unspecified atom stereocenters. The summed E-state index contributed by atoms with van der Waals surface area (Å²) in [6.45, 7) is 11.4. The molecule has 2 aromatic carbocycles.